The molecule has 0 aliphatic rings. The summed E-state index contributed by atoms with van der Waals surface area (Å²) in [6, 6.07) is 14.7. The Bertz CT molecular complexity index is 895. The van der Waals surface area contributed by atoms with E-state index >= 15 is 0 Å². The van der Waals surface area contributed by atoms with Crippen molar-refractivity contribution in [1.82, 2.24) is 15.5 Å². The summed E-state index contributed by atoms with van der Waals surface area (Å²) in [7, 11) is 1.62. The Balaban J connectivity index is 1.36. The summed E-state index contributed by atoms with van der Waals surface area (Å²) in [5.41, 5.74) is 1.81. The van der Waals surface area contributed by atoms with Crippen molar-refractivity contribution < 1.29 is 18.8 Å². The van der Waals surface area contributed by atoms with Crippen molar-refractivity contribution in [3.05, 3.63) is 65.0 Å². The first-order valence-corrected chi connectivity index (χ1v) is 9.08. The van der Waals surface area contributed by atoms with Gasteiger partial charge in [-0.05, 0) is 42.0 Å². The first kappa shape index (κ1) is 19.9. The number of benzene rings is 2. The van der Waals surface area contributed by atoms with Crippen molar-refractivity contribution in [2.45, 2.75) is 19.6 Å². The molecule has 1 N–H and O–H groups in total. The van der Waals surface area contributed by atoms with E-state index in [1.807, 2.05) is 24.3 Å². The normalized spacial score (nSPS) is 10.6. The van der Waals surface area contributed by atoms with E-state index in [0.717, 1.165) is 16.9 Å². The maximum atomic E-state index is 11.9. The van der Waals surface area contributed by atoms with E-state index in [9.17, 15) is 4.79 Å². The molecule has 0 fully saturated rings. The highest BCUT2D eigenvalue weighted by atomic mass is 35.5. The van der Waals surface area contributed by atoms with E-state index in [-0.39, 0.29) is 18.9 Å². The number of rotatable bonds is 9. The third-order valence-corrected chi connectivity index (χ3v) is 4.16. The zero-order valence-corrected chi connectivity index (χ0v) is 16.1. The van der Waals surface area contributed by atoms with Crippen molar-refractivity contribution in [3.8, 4) is 17.1 Å². The van der Waals surface area contributed by atoms with Crippen LogP contribution in [0.25, 0.3) is 11.4 Å². The summed E-state index contributed by atoms with van der Waals surface area (Å²) in [6.07, 6.45) is 0.244. The highest BCUT2D eigenvalue weighted by Gasteiger charge is 2.10. The molecule has 1 aromatic heterocycles. The molecular formula is C20H20ClN3O4. The minimum absolute atomic E-state index is 0.152. The Morgan fingerprint density at radius 2 is 1.89 bits per heavy atom. The number of hydrogen-bond donors (Lipinski definition) is 1. The third kappa shape index (κ3) is 5.80. The molecule has 0 saturated carbocycles. The van der Waals surface area contributed by atoms with Crippen molar-refractivity contribution in [2.75, 3.05) is 13.7 Å². The Morgan fingerprint density at radius 1 is 1.14 bits per heavy atom. The summed E-state index contributed by atoms with van der Waals surface area (Å²) >= 11 is 5.86. The second kappa shape index (κ2) is 9.87. The number of carbonyl (C=O) groups is 1. The van der Waals surface area contributed by atoms with Gasteiger partial charge in [0.2, 0.25) is 17.6 Å². The molecule has 0 aliphatic heterocycles. The van der Waals surface area contributed by atoms with Crippen molar-refractivity contribution in [1.29, 1.82) is 0 Å². The monoisotopic (exact) mass is 401 g/mol. The van der Waals surface area contributed by atoms with E-state index in [0.29, 0.717) is 30.0 Å². The maximum absolute atomic E-state index is 11.9. The van der Waals surface area contributed by atoms with Gasteiger partial charge in [0.1, 0.15) is 5.75 Å². The van der Waals surface area contributed by atoms with E-state index in [1.165, 1.54) is 0 Å². The summed E-state index contributed by atoms with van der Waals surface area (Å²) in [5, 5.41) is 7.27. The predicted molar refractivity (Wildman–Crippen MR) is 104 cm³/mol. The van der Waals surface area contributed by atoms with E-state index in [4.69, 9.17) is 25.6 Å². The van der Waals surface area contributed by atoms with Crippen LogP contribution in [0.3, 0.4) is 0 Å². The molecule has 0 spiro atoms. The third-order valence-electron chi connectivity index (χ3n) is 3.91. The smallest absolute Gasteiger partial charge is 0.246 e. The lowest BCUT2D eigenvalue weighted by atomic mass is 10.2. The van der Waals surface area contributed by atoms with Crippen LogP contribution < -0.4 is 10.1 Å². The fraction of sp³-hybridized carbons (Fsp3) is 0.250. The van der Waals surface area contributed by atoms with Gasteiger partial charge in [-0.25, -0.2) is 0 Å². The fourth-order valence-corrected chi connectivity index (χ4v) is 2.51. The molecule has 146 valence electrons. The maximum Gasteiger partial charge on any atom is 0.246 e. The molecule has 1 heterocycles. The lowest BCUT2D eigenvalue weighted by Crippen LogP contribution is -2.24. The number of nitrogens with one attached hydrogen (secondary N) is 1. The van der Waals surface area contributed by atoms with Gasteiger partial charge >= 0.3 is 0 Å². The molecule has 0 saturated heterocycles. The standard InChI is InChI=1S/C20H20ClN3O4/c1-26-17-8-2-14(3-9-17)13-27-11-10-18(25)22-12-19-23-20(24-28-19)15-4-6-16(21)7-5-15/h2-9H,10-13H2,1H3,(H,22,25). The number of amides is 1. The van der Waals surface area contributed by atoms with Crippen LogP contribution in [0.1, 0.15) is 17.9 Å². The van der Waals surface area contributed by atoms with E-state index in [1.54, 1.807) is 31.4 Å². The molecule has 2 aromatic carbocycles. The predicted octanol–water partition coefficient (Wildman–Crippen LogP) is 3.62. The van der Waals surface area contributed by atoms with Crippen molar-refractivity contribution >= 4 is 17.5 Å². The number of nitrogens with zero attached hydrogens (tertiary/aromatic N) is 2. The minimum atomic E-state index is -0.152. The van der Waals surface area contributed by atoms with Crippen LogP contribution in [0.2, 0.25) is 5.02 Å². The van der Waals surface area contributed by atoms with Crippen LogP contribution in [0.4, 0.5) is 0 Å². The molecule has 0 atom stereocenters. The van der Waals surface area contributed by atoms with Crippen molar-refractivity contribution in [3.63, 3.8) is 0 Å². The quantitative estimate of drug-likeness (QED) is 0.551. The summed E-state index contributed by atoms with van der Waals surface area (Å²) in [5.74, 6) is 1.42. The van der Waals surface area contributed by atoms with Gasteiger partial charge in [0.05, 0.1) is 26.9 Å². The summed E-state index contributed by atoms with van der Waals surface area (Å²) in [6.45, 7) is 0.918. The van der Waals surface area contributed by atoms with Gasteiger partial charge in [-0.1, -0.05) is 28.9 Å². The number of ether oxygens (including phenoxy) is 2. The molecule has 8 heteroatoms. The number of methoxy groups -OCH3 is 1. The lowest BCUT2D eigenvalue weighted by Gasteiger charge is -2.06. The Labute approximate surface area is 167 Å². The molecule has 0 aliphatic carbocycles. The highest BCUT2D eigenvalue weighted by Crippen LogP contribution is 2.18. The van der Waals surface area contributed by atoms with E-state index < -0.39 is 0 Å². The van der Waals surface area contributed by atoms with Gasteiger partial charge in [-0.15, -0.1) is 0 Å². The number of hydrogen-bond acceptors (Lipinski definition) is 6. The average molecular weight is 402 g/mol. The van der Waals surface area contributed by atoms with Gasteiger partial charge in [0.25, 0.3) is 0 Å². The molecule has 3 aromatic rings. The molecule has 0 bridgehead atoms. The molecule has 0 unspecified atom stereocenters. The van der Waals surface area contributed by atoms with Gasteiger partial charge in [0, 0.05) is 17.0 Å². The molecule has 0 radical (unpaired) electrons. The Kier molecular flexibility index (Phi) is 7.00. The van der Waals surface area contributed by atoms with Gasteiger partial charge in [0.15, 0.2) is 0 Å². The Morgan fingerprint density at radius 3 is 2.61 bits per heavy atom. The van der Waals surface area contributed by atoms with E-state index in [2.05, 4.69) is 15.5 Å². The van der Waals surface area contributed by atoms with Crippen LogP contribution in [0, 0.1) is 0 Å². The molecular weight excluding hydrogens is 382 g/mol. The topological polar surface area (TPSA) is 86.5 Å². The highest BCUT2D eigenvalue weighted by molar-refractivity contribution is 6.30. The van der Waals surface area contributed by atoms with Crippen LogP contribution in [-0.2, 0) is 22.7 Å². The zero-order valence-electron chi connectivity index (χ0n) is 15.4. The van der Waals surface area contributed by atoms with Crippen LogP contribution in [0.5, 0.6) is 5.75 Å². The molecule has 7 nitrogen and oxygen atoms in total. The molecule has 3 rings (SSSR count). The second-order valence-electron chi connectivity index (χ2n) is 5.95. The fourth-order valence-electron chi connectivity index (χ4n) is 2.38. The number of halogens is 1. The van der Waals surface area contributed by atoms with Gasteiger partial charge in [-0.3, -0.25) is 4.79 Å². The SMILES string of the molecule is COc1ccc(COCCC(=O)NCc2nc(-c3ccc(Cl)cc3)no2)cc1. The van der Waals surface area contributed by atoms with Gasteiger partial charge in [-0.2, -0.15) is 4.98 Å². The first-order valence-electron chi connectivity index (χ1n) is 8.70. The average Bonchev–Trinajstić information content (AvgIpc) is 3.20. The largest absolute Gasteiger partial charge is 0.497 e. The zero-order chi connectivity index (χ0) is 19.8. The van der Waals surface area contributed by atoms with Crippen LogP contribution in [0.15, 0.2) is 53.1 Å². The summed E-state index contributed by atoms with van der Waals surface area (Å²) < 4.78 is 15.8. The summed E-state index contributed by atoms with van der Waals surface area (Å²) in [4.78, 5) is 16.2. The first-order chi connectivity index (χ1) is 13.6. The molecule has 28 heavy (non-hydrogen) atoms. The minimum Gasteiger partial charge on any atom is -0.497 e. The number of aromatic nitrogens is 2. The van der Waals surface area contributed by atoms with Crippen LogP contribution >= 0.6 is 11.6 Å². The second-order valence-corrected chi connectivity index (χ2v) is 6.38. The number of carbonyl (C=O) groups excluding carboxylic acids is 1. The molecule has 1 amide bonds. The van der Waals surface area contributed by atoms with Crippen molar-refractivity contribution in [2.24, 2.45) is 0 Å². The Hall–Kier alpha value is -2.90. The van der Waals surface area contributed by atoms with Gasteiger partial charge < -0.3 is 19.3 Å². The van der Waals surface area contributed by atoms with Crippen LogP contribution in [-0.4, -0.2) is 29.8 Å². The lowest BCUT2D eigenvalue weighted by molar-refractivity contribution is -0.122.